The van der Waals surface area contributed by atoms with Crippen molar-refractivity contribution in [3.63, 3.8) is 0 Å². The normalized spacial score (nSPS) is 28.2. The largest absolute Gasteiger partial charge is 0.293 e. The number of rotatable bonds is 3. The maximum atomic E-state index is 5.89. The van der Waals surface area contributed by atoms with E-state index in [2.05, 4.69) is 10.8 Å². The molecule has 0 aromatic carbocycles. The average Bonchev–Trinajstić information content (AvgIpc) is 2.57. The van der Waals surface area contributed by atoms with Crippen molar-refractivity contribution in [3.8, 4) is 12.3 Å². The number of hydrogen-bond acceptors (Lipinski definition) is 1. The van der Waals surface area contributed by atoms with E-state index in [4.69, 9.17) is 29.6 Å². The van der Waals surface area contributed by atoms with Gasteiger partial charge in [0.15, 0.2) is 0 Å². The minimum atomic E-state index is -0.484. The number of hydrogen-bond donors (Lipinski definition) is 0. The zero-order valence-corrected chi connectivity index (χ0v) is 8.86. The summed E-state index contributed by atoms with van der Waals surface area (Å²) in [7, 11) is 1.99. The Bertz CT molecular complexity index is 207. The zero-order valence-electron chi connectivity index (χ0n) is 7.35. The Morgan fingerprint density at radius 2 is 2.25 bits per heavy atom. The lowest BCUT2D eigenvalue weighted by Crippen LogP contribution is -2.30. The van der Waals surface area contributed by atoms with E-state index >= 15 is 0 Å². The quantitative estimate of drug-likeness (QED) is 0.505. The molecule has 0 spiro atoms. The fourth-order valence-corrected chi connectivity index (χ4v) is 1.61. The van der Waals surface area contributed by atoms with Gasteiger partial charge in [-0.2, -0.15) is 0 Å². The third-order valence-electron chi connectivity index (χ3n) is 2.37. The molecule has 0 amide bonds. The van der Waals surface area contributed by atoms with Gasteiger partial charge < -0.3 is 0 Å². The summed E-state index contributed by atoms with van der Waals surface area (Å²) in [5.74, 6) is 3.06. The van der Waals surface area contributed by atoms with Crippen LogP contribution in [0, 0.1) is 18.3 Å². The lowest BCUT2D eigenvalue weighted by atomic mass is 10.3. The van der Waals surface area contributed by atoms with Crippen molar-refractivity contribution < 1.29 is 0 Å². The van der Waals surface area contributed by atoms with Crippen molar-refractivity contribution in [2.24, 2.45) is 5.92 Å². The van der Waals surface area contributed by atoms with E-state index in [1.807, 2.05) is 14.0 Å². The van der Waals surface area contributed by atoms with E-state index in [1.54, 1.807) is 0 Å². The first-order valence-corrected chi connectivity index (χ1v) is 4.77. The molecule has 1 aliphatic carbocycles. The minimum Gasteiger partial charge on any atom is -0.293 e. The Hall–Kier alpha value is 0.100. The molecular weight excluding hydrogens is 193 g/mol. The van der Waals surface area contributed by atoms with E-state index in [0.29, 0.717) is 5.92 Å². The van der Waals surface area contributed by atoms with Crippen LogP contribution in [0.25, 0.3) is 0 Å². The predicted molar refractivity (Wildman–Crippen MR) is 53.5 cm³/mol. The second-order valence-electron chi connectivity index (χ2n) is 3.44. The van der Waals surface area contributed by atoms with Crippen LogP contribution in [-0.4, -0.2) is 28.9 Å². The van der Waals surface area contributed by atoms with Gasteiger partial charge in [0.2, 0.25) is 0 Å². The molecule has 0 aromatic rings. The first kappa shape index (κ1) is 10.2. The summed E-state index contributed by atoms with van der Waals surface area (Å²) >= 11 is 11.8. The lowest BCUT2D eigenvalue weighted by Gasteiger charge is -2.19. The number of halogens is 2. The van der Waals surface area contributed by atoms with Crippen LogP contribution < -0.4 is 0 Å². The van der Waals surface area contributed by atoms with Crippen molar-refractivity contribution in [2.75, 3.05) is 13.6 Å². The molecule has 0 heterocycles. The molecule has 1 fully saturated rings. The first-order valence-electron chi connectivity index (χ1n) is 4.01. The molecule has 1 saturated carbocycles. The Morgan fingerprint density at radius 3 is 2.58 bits per heavy atom. The Kier molecular flexibility index (Phi) is 2.93. The van der Waals surface area contributed by atoms with E-state index < -0.39 is 4.33 Å². The molecule has 1 aliphatic rings. The van der Waals surface area contributed by atoms with Crippen molar-refractivity contribution in [1.82, 2.24) is 4.90 Å². The average molecular weight is 206 g/mol. The first-order chi connectivity index (χ1) is 5.47. The SMILES string of the molecule is C#CC(C)N(C)CC1CC1(Cl)Cl. The van der Waals surface area contributed by atoms with Gasteiger partial charge in [-0.1, -0.05) is 5.92 Å². The second kappa shape index (κ2) is 3.46. The molecular formula is C9H13Cl2N. The van der Waals surface area contributed by atoms with Gasteiger partial charge in [-0.3, -0.25) is 4.90 Å². The molecule has 0 N–H and O–H groups in total. The fourth-order valence-electron chi connectivity index (χ4n) is 1.10. The highest BCUT2D eigenvalue weighted by Crippen LogP contribution is 2.53. The fraction of sp³-hybridized carbons (Fsp3) is 0.778. The standard InChI is InChI=1S/C9H13Cl2N/c1-4-7(2)12(3)6-8-5-9(8,10)11/h1,7-8H,5-6H2,2-3H3. The van der Waals surface area contributed by atoms with Crippen LogP contribution in [0.15, 0.2) is 0 Å². The van der Waals surface area contributed by atoms with E-state index in [-0.39, 0.29) is 6.04 Å². The van der Waals surface area contributed by atoms with Gasteiger partial charge in [-0.05, 0) is 20.4 Å². The lowest BCUT2D eigenvalue weighted by molar-refractivity contribution is 0.291. The number of nitrogens with zero attached hydrogens (tertiary/aromatic N) is 1. The molecule has 0 aromatic heterocycles. The summed E-state index contributed by atoms with van der Waals surface area (Å²) in [4.78, 5) is 2.09. The van der Waals surface area contributed by atoms with Gasteiger partial charge >= 0.3 is 0 Å². The van der Waals surface area contributed by atoms with Crippen LogP contribution in [0.4, 0.5) is 0 Å². The summed E-state index contributed by atoms with van der Waals surface area (Å²) in [6, 6.07) is 0.162. The molecule has 12 heavy (non-hydrogen) atoms. The Labute approximate surface area is 84.0 Å². The van der Waals surface area contributed by atoms with Crippen LogP contribution >= 0.6 is 23.2 Å². The highest BCUT2D eigenvalue weighted by atomic mass is 35.5. The second-order valence-corrected chi connectivity index (χ2v) is 4.99. The van der Waals surface area contributed by atoms with Crippen molar-refractivity contribution in [2.45, 2.75) is 23.7 Å². The van der Waals surface area contributed by atoms with Gasteiger partial charge in [0.1, 0.15) is 4.33 Å². The third kappa shape index (κ3) is 2.29. The maximum absolute atomic E-state index is 5.89. The van der Waals surface area contributed by atoms with Crippen molar-refractivity contribution in [3.05, 3.63) is 0 Å². The smallest absolute Gasteiger partial charge is 0.122 e. The van der Waals surface area contributed by atoms with Crippen LogP contribution in [0.3, 0.4) is 0 Å². The van der Waals surface area contributed by atoms with Gasteiger partial charge in [0, 0.05) is 12.5 Å². The van der Waals surface area contributed by atoms with Gasteiger partial charge in [-0.25, -0.2) is 0 Å². The summed E-state index contributed by atoms with van der Waals surface area (Å²) in [6.07, 6.45) is 6.17. The minimum absolute atomic E-state index is 0.162. The van der Waals surface area contributed by atoms with Gasteiger partial charge in [-0.15, -0.1) is 29.6 Å². The predicted octanol–water partition coefficient (Wildman–Crippen LogP) is 2.13. The number of terminal acetylenes is 1. The third-order valence-corrected chi connectivity index (χ3v) is 3.29. The van der Waals surface area contributed by atoms with Crippen molar-refractivity contribution in [1.29, 1.82) is 0 Å². The molecule has 1 nitrogen and oxygen atoms in total. The molecule has 68 valence electrons. The van der Waals surface area contributed by atoms with Crippen LogP contribution in [0.2, 0.25) is 0 Å². The van der Waals surface area contributed by atoms with E-state index in [0.717, 1.165) is 13.0 Å². The molecule has 1 rings (SSSR count). The van der Waals surface area contributed by atoms with Gasteiger partial charge in [0.25, 0.3) is 0 Å². The zero-order chi connectivity index (χ0) is 9.35. The topological polar surface area (TPSA) is 3.24 Å². The summed E-state index contributed by atoms with van der Waals surface area (Å²) in [6.45, 7) is 2.88. The van der Waals surface area contributed by atoms with Crippen LogP contribution in [0.5, 0.6) is 0 Å². The Balaban J connectivity index is 2.30. The monoisotopic (exact) mass is 205 g/mol. The van der Waals surface area contributed by atoms with Crippen LogP contribution in [0.1, 0.15) is 13.3 Å². The molecule has 0 radical (unpaired) electrons. The van der Waals surface area contributed by atoms with E-state index in [1.165, 1.54) is 0 Å². The summed E-state index contributed by atoms with van der Waals surface area (Å²) in [5.41, 5.74) is 0. The molecule has 0 saturated heterocycles. The van der Waals surface area contributed by atoms with Crippen LogP contribution in [-0.2, 0) is 0 Å². The number of alkyl halides is 2. The van der Waals surface area contributed by atoms with Gasteiger partial charge in [0.05, 0.1) is 6.04 Å². The molecule has 0 aliphatic heterocycles. The van der Waals surface area contributed by atoms with Crippen molar-refractivity contribution >= 4 is 23.2 Å². The molecule has 3 heteroatoms. The highest BCUT2D eigenvalue weighted by Gasteiger charge is 2.51. The summed E-state index contributed by atoms with van der Waals surface area (Å²) < 4.78 is -0.484. The van der Waals surface area contributed by atoms with E-state index in [9.17, 15) is 0 Å². The summed E-state index contributed by atoms with van der Waals surface area (Å²) in [5, 5.41) is 0. The molecule has 0 bridgehead atoms. The molecule has 2 atom stereocenters. The molecule has 2 unspecified atom stereocenters. The highest BCUT2D eigenvalue weighted by molar-refractivity contribution is 6.50. The Morgan fingerprint density at radius 1 is 1.75 bits per heavy atom. The maximum Gasteiger partial charge on any atom is 0.122 e.